The lowest BCUT2D eigenvalue weighted by molar-refractivity contribution is 0.322. The minimum absolute atomic E-state index is 0.115. The number of benzene rings is 2. The van der Waals surface area contributed by atoms with E-state index in [0.29, 0.717) is 17.9 Å². The van der Waals surface area contributed by atoms with Crippen molar-refractivity contribution in [1.29, 1.82) is 0 Å². The summed E-state index contributed by atoms with van der Waals surface area (Å²) in [7, 11) is 0. The molecule has 0 aromatic heterocycles. The third-order valence-electron chi connectivity index (χ3n) is 2.88. The Morgan fingerprint density at radius 2 is 1.95 bits per heavy atom. The smallest absolute Gasteiger partial charge is 0.167 e. The van der Waals surface area contributed by atoms with E-state index in [-0.39, 0.29) is 23.8 Å². The van der Waals surface area contributed by atoms with Gasteiger partial charge in [0.15, 0.2) is 11.6 Å². The molecule has 0 aliphatic carbocycles. The largest absolute Gasteiger partial charge is 0.491 e. The molecule has 0 saturated heterocycles. The Bertz CT molecular complexity index is 650. The predicted molar refractivity (Wildman–Crippen MR) is 83.4 cm³/mol. The summed E-state index contributed by atoms with van der Waals surface area (Å²) in [6.45, 7) is 2.34. The van der Waals surface area contributed by atoms with Gasteiger partial charge in [-0.2, -0.15) is 0 Å². The first-order chi connectivity index (χ1) is 10.0. The van der Waals surface area contributed by atoms with Crippen molar-refractivity contribution in [2.75, 3.05) is 17.7 Å². The number of nitrogens with two attached hydrogens (primary N) is 1. The maximum absolute atomic E-state index is 13.7. The Balaban J connectivity index is 2.19. The fourth-order valence-electron chi connectivity index (χ4n) is 1.86. The maximum Gasteiger partial charge on any atom is 0.167 e. The quantitative estimate of drug-likeness (QED) is 0.784. The van der Waals surface area contributed by atoms with Crippen LogP contribution >= 0.6 is 15.9 Å². The number of halogens is 3. The normalized spacial score (nSPS) is 10.5. The van der Waals surface area contributed by atoms with Crippen molar-refractivity contribution < 1.29 is 13.5 Å². The van der Waals surface area contributed by atoms with Crippen LogP contribution in [0.25, 0.3) is 0 Å². The number of hydrogen-bond donors (Lipinski definition) is 2. The Kier molecular flexibility index (Phi) is 5.01. The zero-order chi connectivity index (χ0) is 15.4. The zero-order valence-corrected chi connectivity index (χ0v) is 13.0. The summed E-state index contributed by atoms with van der Waals surface area (Å²) in [5.41, 5.74) is 6.98. The van der Waals surface area contributed by atoms with Gasteiger partial charge in [0.2, 0.25) is 0 Å². The van der Waals surface area contributed by atoms with Crippen LogP contribution in [0.3, 0.4) is 0 Å². The Hall–Kier alpha value is -1.82. The maximum atomic E-state index is 13.7. The number of rotatable bonds is 5. The molecule has 2 aromatic rings. The first kappa shape index (κ1) is 15.6. The van der Waals surface area contributed by atoms with Gasteiger partial charge < -0.3 is 15.8 Å². The third kappa shape index (κ3) is 3.85. The lowest BCUT2D eigenvalue weighted by Gasteiger charge is -2.13. The summed E-state index contributed by atoms with van der Waals surface area (Å²) in [5, 5.41) is 2.99. The molecule has 0 heterocycles. The van der Waals surface area contributed by atoms with Crippen molar-refractivity contribution >= 4 is 27.3 Å². The van der Waals surface area contributed by atoms with Crippen LogP contribution < -0.4 is 15.8 Å². The Labute approximate surface area is 130 Å². The highest BCUT2D eigenvalue weighted by Gasteiger charge is 2.10. The lowest BCUT2D eigenvalue weighted by atomic mass is 10.2. The molecule has 3 nitrogen and oxygen atoms in total. The van der Waals surface area contributed by atoms with Gasteiger partial charge in [-0.05, 0) is 25.1 Å². The summed E-state index contributed by atoms with van der Waals surface area (Å²) < 4.78 is 33.2. The highest BCUT2D eigenvalue weighted by atomic mass is 79.9. The molecule has 112 valence electrons. The number of hydrogen-bond acceptors (Lipinski definition) is 3. The first-order valence-corrected chi connectivity index (χ1v) is 7.20. The van der Waals surface area contributed by atoms with Crippen molar-refractivity contribution in [2.24, 2.45) is 0 Å². The summed E-state index contributed by atoms with van der Waals surface area (Å²) in [5.74, 6) is -0.728. The van der Waals surface area contributed by atoms with Crippen molar-refractivity contribution in [3.8, 4) is 5.75 Å². The van der Waals surface area contributed by atoms with Crippen molar-refractivity contribution in [3.63, 3.8) is 0 Å². The van der Waals surface area contributed by atoms with E-state index in [9.17, 15) is 8.78 Å². The number of nitrogens with one attached hydrogen (secondary N) is 1. The highest BCUT2D eigenvalue weighted by Crippen LogP contribution is 2.29. The average Bonchev–Trinajstić information content (AvgIpc) is 2.44. The molecule has 0 radical (unpaired) electrons. The topological polar surface area (TPSA) is 47.3 Å². The molecule has 0 amide bonds. The van der Waals surface area contributed by atoms with Gasteiger partial charge in [-0.1, -0.05) is 15.9 Å². The summed E-state index contributed by atoms with van der Waals surface area (Å²) >= 11 is 3.29. The molecule has 0 spiro atoms. The monoisotopic (exact) mass is 356 g/mol. The van der Waals surface area contributed by atoms with Gasteiger partial charge in [-0.15, -0.1) is 0 Å². The van der Waals surface area contributed by atoms with Gasteiger partial charge in [0, 0.05) is 28.7 Å². The SMILES string of the molecule is CCOc1cc(NCc2cc(Br)ccc2F)c(N)cc1F. The minimum Gasteiger partial charge on any atom is -0.491 e. The van der Waals surface area contributed by atoms with E-state index < -0.39 is 5.82 Å². The molecule has 6 heteroatoms. The van der Waals surface area contributed by atoms with Crippen LogP contribution in [0.5, 0.6) is 5.75 Å². The number of ether oxygens (including phenoxy) is 1. The number of nitrogen functional groups attached to an aromatic ring is 1. The number of anilines is 2. The molecule has 21 heavy (non-hydrogen) atoms. The third-order valence-corrected chi connectivity index (χ3v) is 3.37. The van der Waals surface area contributed by atoms with E-state index in [1.807, 2.05) is 0 Å². The molecular formula is C15H15BrF2N2O. The predicted octanol–water partition coefficient (Wildman–Crippen LogP) is 4.32. The molecule has 0 aliphatic heterocycles. The van der Waals surface area contributed by atoms with E-state index in [1.54, 1.807) is 19.1 Å². The molecule has 0 fully saturated rings. The van der Waals surface area contributed by atoms with Gasteiger partial charge in [0.25, 0.3) is 0 Å². The van der Waals surface area contributed by atoms with Gasteiger partial charge in [0.05, 0.1) is 18.0 Å². The van der Waals surface area contributed by atoms with Crippen LogP contribution in [0.4, 0.5) is 20.2 Å². The minimum atomic E-state index is -0.520. The first-order valence-electron chi connectivity index (χ1n) is 6.41. The Morgan fingerprint density at radius 3 is 2.67 bits per heavy atom. The summed E-state index contributed by atoms with van der Waals surface area (Å²) in [4.78, 5) is 0. The van der Waals surface area contributed by atoms with Crippen LogP contribution in [0.15, 0.2) is 34.8 Å². The molecule has 0 unspecified atom stereocenters. The second-order valence-corrected chi connectivity index (χ2v) is 5.31. The zero-order valence-electron chi connectivity index (χ0n) is 11.4. The second-order valence-electron chi connectivity index (χ2n) is 4.39. The summed E-state index contributed by atoms with van der Waals surface area (Å²) in [6.07, 6.45) is 0. The highest BCUT2D eigenvalue weighted by molar-refractivity contribution is 9.10. The van der Waals surface area contributed by atoms with Gasteiger partial charge >= 0.3 is 0 Å². The molecule has 0 atom stereocenters. The molecule has 0 bridgehead atoms. The fourth-order valence-corrected chi connectivity index (χ4v) is 2.27. The van der Waals surface area contributed by atoms with Gasteiger partial charge in [0.1, 0.15) is 5.82 Å². The molecular weight excluding hydrogens is 342 g/mol. The molecule has 0 saturated carbocycles. The van der Waals surface area contributed by atoms with Gasteiger partial charge in [-0.25, -0.2) is 8.78 Å². The van der Waals surface area contributed by atoms with Crippen LogP contribution in [-0.4, -0.2) is 6.61 Å². The summed E-state index contributed by atoms with van der Waals surface area (Å²) in [6, 6.07) is 7.33. The molecule has 3 N–H and O–H groups in total. The van der Waals surface area contributed by atoms with Crippen LogP contribution in [0.1, 0.15) is 12.5 Å². The Morgan fingerprint density at radius 1 is 1.19 bits per heavy atom. The van der Waals surface area contributed by atoms with E-state index in [2.05, 4.69) is 21.2 Å². The van der Waals surface area contributed by atoms with Crippen molar-refractivity contribution in [3.05, 3.63) is 52.0 Å². The molecule has 2 rings (SSSR count). The second kappa shape index (κ2) is 6.76. The lowest BCUT2D eigenvalue weighted by Crippen LogP contribution is -2.06. The van der Waals surface area contributed by atoms with Crippen molar-refractivity contribution in [2.45, 2.75) is 13.5 Å². The van der Waals surface area contributed by atoms with Gasteiger partial charge in [-0.3, -0.25) is 0 Å². The average molecular weight is 357 g/mol. The van der Waals surface area contributed by atoms with Crippen LogP contribution in [-0.2, 0) is 6.54 Å². The van der Waals surface area contributed by atoms with E-state index in [1.165, 1.54) is 18.2 Å². The van der Waals surface area contributed by atoms with Crippen LogP contribution in [0, 0.1) is 11.6 Å². The van der Waals surface area contributed by atoms with E-state index in [0.717, 1.165) is 4.47 Å². The van der Waals surface area contributed by atoms with Crippen molar-refractivity contribution in [1.82, 2.24) is 0 Å². The fraction of sp³-hybridized carbons (Fsp3) is 0.200. The van der Waals surface area contributed by atoms with Crippen LogP contribution in [0.2, 0.25) is 0 Å². The molecule has 0 aliphatic rings. The van der Waals surface area contributed by atoms with E-state index in [4.69, 9.17) is 10.5 Å². The van der Waals surface area contributed by atoms with E-state index >= 15 is 0 Å². The standard InChI is InChI=1S/C15H15BrF2N2O/c1-2-21-15-7-14(13(19)6-12(15)18)20-8-9-5-10(16)3-4-11(9)17/h3-7,20H,2,8,19H2,1H3. The molecule has 2 aromatic carbocycles.